The van der Waals surface area contributed by atoms with Crippen LogP contribution in [0.4, 0.5) is 4.39 Å². The highest BCUT2D eigenvalue weighted by Gasteiger charge is 2.46. The van der Waals surface area contributed by atoms with E-state index in [2.05, 4.69) is 31.9 Å². The molecule has 23 heteroatoms. The first-order chi connectivity index (χ1) is 36.4. The maximum absolute atomic E-state index is 15.4. The lowest BCUT2D eigenvalue weighted by molar-refractivity contribution is -0.172. The topological polar surface area (TPSA) is 303 Å². The fourth-order valence-corrected chi connectivity index (χ4v) is 9.86. The lowest BCUT2D eigenvalue weighted by Gasteiger charge is -2.31. The number of hydrogen-bond donors (Lipinski definition) is 7. The molecule has 3 aliphatic heterocycles. The second-order valence-electron chi connectivity index (χ2n) is 19.0. The van der Waals surface area contributed by atoms with E-state index in [4.69, 9.17) is 14.5 Å². The van der Waals surface area contributed by atoms with Gasteiger partial charge >= 0.3 is 5.97 Å². The van der Waals surface area contributed by atoms with Crippen molar-refractivity contribution < 1.29 is 62.1 Å². The third kappa shape index (κ3) is 11.5. The number of hydrogen-bond acceptors (Lipinski definition) is 14. The maximum Gasteiger partial charge on any atom is 0.343 e. The molecule has 0 fully saturated rings. The Morgan fingerprint density at radius 2 is 1.57 bits per heavy atom. The van der Waals surface area contributed by atoms with Crippen molar-refractivity contribution >= 4 is 64.1 Å². The summed E-state index contributed by atoms with van der Waals surface area (Å²) in [6, 6.07) is 9.81. The Bertz CT molecular complexity index is 3120. The van der Waals surface area contributed by atoms with Gasteiger partial charge in [-0.2, -0.15) is 0 Å². The Balaban J connectivity index is 0.819. The van der Waals surface area contributed by atoms with Crippen molar-refractivity contribution in [2.75, 3.05) is 32.9 Å². The lowest BCUT2D eigenvalue weighted by atomic mass is 9.81. The summed E-state index contributed by atoms with van der Waals surface area (Å²) in [5, 5.41) is 27.5. The van der Waals surface area contributed by atoms with Crippen molar-refractivity contribution in [3.63, 3.8) is 0 Å². The summed E-state index contributed by atoms with van der Waals surface area (Å²) in [7, 11) is 0. The summed E-state index contributed by atoms with van der Waals surface area (Å²) in [4.78, 5) is 134. The minimum atomic E-state index is -2.06. The van der Waals surface area contributed by atoms with Crippen molar-refractivity contribution in [3.8, 4) is 11.4 Å². The molecular weight excluding hydrogens is 990 g/mol. The van der Waals surface area contributed by atoms with Crippen molar-refractivity contribution in [1.82, 2.24) is 46.4 Å². The summed E-state index contributed by atoms with van der Waals surface area (Å²) in [6.07, 6.45) is 3.68. The Morgan fingerprint density at radius 3 is 2.30 bits per heavy atom. The number of aliphatic hydroxyl groups is 1. The van der Waals surface area contributed by atoms with Gasteiger partial charge in [0.1, 0.15) is 31.3 Å². The highest BCUT2D eigenvalue weighted by Crippen LogP contribution is 2.46. The Morgan fingerprint density at radius 1 is 0.868 bits per heavy atom. The van der Waals surface area contributed by atoms with Gasteiger partial charge in [-0.1, -0.05) is 43.7 Å². The van der Waals surface area contributed by atoms with Crippen LogP contribution in [0.2, 0.25) is 0 Å². The Labute approximate surface area is 434 Å². The number of esters is 1. The first-order valence-electron chi connectivity index (χ1n) is 25.1. The summed E-state index contributed by atoms with van der Waals surface area (Å²) >= 11 is 0. The van der Waals surface area contributed by atoms with E-state index >= 15 is 4.39 Å². The van der Waals surface area contributed by atoms with Crippen molar-refractivity contribution in [1.29, 1.82) is 0 Å². The van der Waals surface area contributed by atoms with Crippen molar-refractivity contribution in [3.05, 3.63) is 110 Å². The fourth-order valence-electron chi connectivity index (χ4n) is 9.86. The molecule has 2 aromatic heterocycles. The molecule has 0 saturated heterocycles. The molecule has 7 N–H and O–H groups in total. The molecule has 0 unspecified atom stereocenters. The minimum absolute atomic E-state index is 0.0341. The van der Waals surface area contributed by atoms with Crippen LogP contribution in [0.15, 0.2) is 59.4 Å². The lowest BCUT2D eigenvalue weighted by Crippen LogP contribution is -2.52. The summed E-state index contributed by atoms with van der Waals surface area (Å²) < 4.78 is 27.8. The highest BCUT2D eigenvalue weighted by atomic mass is 19.1. The second kappa shape index (κ2) is 23.2. The van der Waals surface area contributed by atoms with E-state index in [1.54, 1.807) is 50.2 Å². The molecule has 2 aromatic carbocycles. The third-order valence-electron chi connectivity index (χ3n) is 14.1. The van der Waals surface area contributed by atoms with Gasteiger partial charge in [0.15, 0.2) is 5.60 Å². The molecule has 0 saturated carbocycles. The number of nitrogens with one attached hydrogen (secondary N) is 6. The number of aromatic nitrogens is 2. The quantitative estimate of drug-likeness (QED) is 0.0217. The molecular formula is C53H58FN9O13. The van der Waals surface area contributed by atoms with Crippen LogP contribution in [0.3, 0.4) is 0 Å². The molecule has 4 aliphatic rings. The number of carbonyl (C=O) groups is 9. The van der Waals surface area contributed by atoms with E-state index in [1.165, 1.54) is 29.7 Å². The smallest absolute Gasteiger partial charge is 0.343 e. The zero-order chi connectivity index (χ0) is 54.4. The maximum atomic E-state index is 15.4. The number of rotatable bonds is 22. The van der Waals surface area contributed by atoms with Crippen molar-refractivity contribution in [2.24, 2.45) is 0 Å². The van der Waals surface area contributed by atoms with Crippen LogP contribution in [0.5, 0.6) is 0 Å². The highest BCUT2D eigenvalue weighted by molar-refractivity contribution is 6.12. The van der Waals surface area contributed by atoms with Crippen molar-refractivity contribution in [2.45, 2.75) is 109 Å². The molecule has 4 atom stereocenters. The number of amides is 8. The summed E-state index contributed by atoms with van der Waals surface area (Å²) in [6.45, 7) is 2.83. The number of carbonyl (C=O) groups excluding carboxylic acids is 9. The number of fused-ring (bicyclic) bond motifs is 5. The molecule has 0 radical (unpaired) electrons. The van der Waals surface area contributed by atoms with Crippen LogP contribution in [0.1, 0.15) is 97.4 Å². The van der Waals surface area contributed by atoms with Gasteiger partial charge in [0.2, 0.25) is 35.4 Å². The molecule has 8 rings (SSSR count). The van der Waals surface area contributed by atoms with E-state index in [-0.39, 0.29) is 61.9 Å². The average molecular weight is 1050 g/mol. The van der Waals surface area contributed by atoms with E-state index in [0.717, 1.165) is 10.5 Å². The largest absolute Gasteiger partial charge is 0.458 e. The number of pyridine rings is 2. The molecule has 400 valence electrons. The number of unbranched alkanes of at least 4 members (excludes halogenated alkanes) is 2. The van der Waals surface area contributed by atoms with Gasteiger partial charge in [0.25, 0.3) is 17.4 Å². The predicted octanol–water partition coefficient (Wildman–Crippen LogP) is 0.671. The SMILES string of the molecule is CC[C@@]1(O)C(=O)OCc2c1cc1n(c2=O)Cc2c-1nc1cc(F)c(C)c3c1c2[C@@H](NC(=O)[C@@H](C)OCNC(=O)CNC(=O)[C@H](Cc1ccccc1)NC(=O)CNC(=O)CNC(=O)CCCCCN1C(=O)C=CC1=O)CC3. The van der Waals surface area contributed by atoms with E-state index in [0.29, 0.717) is 76.6 Å². The number of halogens is 1. The minimum Gasteiger partial charge on any atom is -0.458 e. The van der Waals surface area contributed by atoms with Crippen LogP contribution in [0.25, 0.3) is 22.3 Å². The second-order valence-corrected chi connectivity index (χ2v) is 19.0. The number of imide groups is 1. The molecule has 76 heavy (non-hydrogen) atoms. The molecule has 4 aromatic rings. The monoisotopic (exact) mass is 1050 g/mol. The third-order valence-corrected chi connectivity index (χ3v) is 14.1. The molecule has 0 bridgehead atoms. The van der Waals surface area contributed by atoms with Crippen LogP contribution >= 0.6 is 0 Å². The number of benzene rings is 2. The molecule has 1 aliphatic carbocycles. The van der Waals surface area contributed by atoms with Gasteiger partial charge in [0, 0.05) is 54.1 Å². The van der Waals surface area contributed by atoms with Gasteiger partial charge < -0.3 is 51.0 Å². The Kier molecular flexibility index (Phi) is 16.5. The molecule has 5 heterocycles. The molecule has 22 nitrogen and oxygen atoms in total. The van der Waals surface area contributed by atoms with E-state index < -0.39 is 103 Å². The van der Waals surface area contributed by atoms with Gasteiger partial charge in [-0.05, 0) is 74.3 Å². The van der Waals surface area contributed by atoms with Gasteiger partial charge in [-0.15, -0.1) is 0 Å². The predicted molar refractivity (Wildman–Crippen MR) is 267 cm³/mol. The summed E-state index contributed by atoms with van der Waals surface area (Å²) in [5.74, 6) is -5.80. The van der Waals surface area contributed by atoms with E-state index in [1.807, 2.05) is 0 Å². The van der Waals surface area contributed by atoms with Gasteiger partial charge in [0.05, 0.1) is 54.7 Å². The fraction of sp³-hybridized carbons (Fsp3) is 0.415. The van der Waals surface area contributed by atoms with Crippen LogP contribution in [-0.2, 0) is 84.2 Å². The first-order valence-corrected chi connectivity index (χ1v) is 25.1. The molecule has 8 amide bonds. The first kappa shape index (κ1) is 54.1. The average Bonchev–Trinajstić information content (AvgIpc) is 4.12. The van der Waals surface area contributed by atoms with Crippen LogP contribution in [-0.4, -0.2) is 118 Å². The number of aryl methyl sites for hydroxylation is 1. The number of nitrogens with zero attached hydrogens (tertiary/aromatic N) is 3. The Hall–Kier alpha value is -8.18. The molecule has 0 spiro atoms. The number of cyclic esters (lactones) is 1. The van der Waals surface area contributed by atoms with Gasteiger partial charge in [-0.3, -0.25) is 48.1 Å². The number of ether oxygens (including phenoxy) is 2. The van der Waals surface area contributed by atoms with Gasteiger partial charge in [-0.25, -0.2) is 14.2 Å². The zero-order valence-electron chi connectivity index (χ0n) is 42.1. The van der Waals surface area contributed by atoms with Crippen LogP contribution in [0, 0.1) is 12.7 Å². The summed E-state index contributed by atoms with van der Waals surface area (Å²) in [5.41, 5.74) is 1.81. The standard InChI is InChI=1S/C53H58FN9O13/c1-4-53(74)34-20-39-48-32(25-63(39)51(72)33(34)26-75-52(53)73)47-36(15-14-31-28(2)35(54)21-37(60-48)46(31)47)61-49(70)29(3)76-27-58-42(66)23-57-50(71)38(19-30-11-7-5-8-12-30)59-43(67)24-56-41(65)22-55-40(64)13-9-6-10-18-62-44(68)16-17-45(62)69/h5,7-8,11-12,16-17,20-21,29,36,38,74H,4,6,9-10,13-15,18-19,22-27H2,1-3H3,(H,55,64)(H,56,65)(H,57,71)(H,58,66)(H,59,67)(H,61,70)/t29-,36+,38+,53+/m1/s1. The normalized spacial score (nSPS) is 17.7. The van der Waals surface area contributed by atoms with E-state index in [9.17, 15) is 53.1 Å². The van der Waals surface area contributed by atoms with Crippen LogP contribution < -0.4 is 37.5 Å². The zero-order valence-corrected chi connectivity index (χ0v) is 42.1.